The van der Waals surface area contributed by atoms with Crippen LogP contribution in [0.25, 0.3) is 0 Å². The molecule has 0 fully saturated rings. The van der Waals surface area contributed by atoms with E-state index in [-0.39, 0.29) is 22.9 Å². The molecule has 0 aliphatic carbocycles. The Balaban J connectivity index is 2.23. The van der Waals surface area contributed by atoms with Gasteiger partial charge in [-0.2, -0.15) is 5.10 Å². The fourth-order valence-electron chi connectivity index (χ4n) is 2.10. The maximum absolute atomic E-state index is 13.8. The van der Waals surface area contributed by atoms with Crippen molar-refractivity contribution in [3.05, 3.63) is 47.0 Å². The average molecular weight is 335 g/mol. The zero-order valence-electron chi connectivity index (χ0n) is 13.5. The number of rotatable bonds is 6. The Morgan fingerprint density at radius 1 is 1.33 bits per heavy atom. The quantitative estimate of drug-likeness (QED) is 0.751. The highest BCUT2D eigenvalue weighted by atomic mass is 19.1. The molecule has 0 aliphatic rings. The van der Waals surface area contributed by atoms with Crippen LogP contribution in [0.3, 0.4) is 0 Å². The second-order valence-electron chi connectivity index (χ2n) is 5.50. The van der Waals surface area contributed by atoms with Crippen LogP contribution in [-0.2, 0) is 4.79 Å². The lowest BCUT2D eigenvalue weighted by Crippen LogP contribution is -2.34. The van der Waals surface area contributed by atoms with Crippen LogP contribution in [0.15, 0.2) is 24.3 Å². The van der Waals surface area contributed by atoms with Gasteiger partial charge in [-0.15, -0.1) is 0 Å². The van der Waals surface area contributed by atoms with Gasteiger partial charge in [0.15, 0.2) is 17.6 Å². The van der Waals surface area contributed by atoms with Crippen molar-refractivity contribution < 1.29 is 23.8 Å². The number of aliphatic carboxylic acids is 1. The number of nitrogens with zero attached hydrogens (tertiary/aromatic N) is 1. The summed E-state index contributed by atoms with van der Waals surface area (Å²) in [5, 5.41) is 18.3. The highest BCUT2D eigenvalue weighted by molar-refractivity contribution is 5.95. The van der Waals surface area contributed by atoms with Crippen molar-refractivity contribution in [3.63, 3.8) is 0 Å². The summed E-state index contributed by atoms with van der Waals surface area (Å²) in [4.78, 5) is 23.7. The number of carbonyl (C=O) groups excluding carboxylic acids is 1. The van der Waals surface area contributed by atoms with Crippen molar-refractivity contribution in [2.45, 2.75) is 25.8 Å². The SMILES string of the molecule is COc1ccc(C(NC(=O)c2cc(C(C)C)[nH]n2)C(=O)O)cc1F. The summed E-state index contributed by atoms with van der Waals surface area (Å²) in [5.41, 5.74) is 0.912. The molecule has 0 aliphatic heterocycles. The highest BCUT2D eigenvalue weighted by Crippen LogP contribution is 2.22. The lowest BCUT2D eigenvalue weighted by Gasteiger charge is -2.15. The lowest BCUT2D eigenvalue weighted by molar-refractivity contribution is -0.139. The molecule has 1 heterocycles. The maximum atomic E-state index is 13.8. The van der Waals surface area contributed by atoms with E-state index in [1.807, 2.05) is 13.8 Å². The third-order valence-corrected chi connectivity index (χ3v) is 3.48. The number of carbonyl (C=O) groups is 2. The van der Waals surface area contributed by atoms with Crippen LogP contribution in [0.4, 0.5) is 4.39 Å². The summed E-state index contributed by atoms with van der Waals surface area (Å²) < 4.78 is 18.6. The lowest BCUT2D eigenvalue weighted by atomic mass is 10.1. The Hall–Kier alpha value is -2.90. The number of methoxy groups -OCH3 is 1. The molecule has 1 atom stereocenters. The molecule has 1 aromatic heterocycles. The molecule has 7 nitrogen and oxygen atoms in total. The molecule has 2 rings (SSSR count). The molecule has 128 valence electrons. The number of H-pyrrole nitrogens is 1. The van der Waals surface area contributed by atoms with Crippen LogP contribution in [0, 0.1) is 5.82 Å². The number of carboxylic acids is 1. The molecule has 0 radical (unpaired) electrons. The topological polar surface area (TPSA) is 104 Å². The first-order chi connectivity index (χ1) is 11.3. The van der Waals surface area contributed by atoms with Crippen molar-refractivity contribution in [2.24, 2.45) is 0 Å². The van der Waals surface area contributed by atoms with Crippen LogP contribution in [0.2, 0.25) is 0 Å². The van der Waals surface area contributed by atoms with Crippen molar-refractivity contribution in [1.82, 2.24) is 15.5 Å². The number of hydrogen-bond donors (Lipinski definition) is 3. The summed E-state index contributed by atoms with van der Waals surface area (Å²) in [6, 6.07) is 3.84. The predicted octanol–water partition coefficient (Wildman–Crippen LogP) is 2.24. The van der Waals surface area contributed by atoms with E-state index in [2.05, 4.69) is 15.5 Å². The molecule has 8 heteroatoms. The number of halogens is 1. The molecule has 24 heavy (non-hydrogen) atoms. The zero-order valence-corrected chi connectivity index (χ0v) is 13.5. The number of aromatic nitrogens is 2. The van der Waals surface area contributed by atoms with Gasteiger partial charge in [0.2, 0.25) is 0 Å². The molecule has 0 spiro atoms. The van der Waals surface area contributed by atoms with Gasteiger partial charge in [-0.3, -0.25) is 9.89 Å². The number of nitrogens with one attached hydrogen (secondary N) is 2. The second-order valence-corrected chi connectivity index (χ2v) is 5.50. The van der Waals surface area contributed by atoms with E-state index in [4.69, 9.17) is 4.74 Å². The smallest absolute Gasteiger partial charge is 0.330 e. The molecule has 1 amide bonds. The second kappa shape index (κ2) is 7.12. The third-order valence-electron chi connectivity index (χ3n) is 3.48. The Kier molecular flexibility index (Phi) is 5.18. The molecule has 1 unspecified atom stereocenters. The van der Waals surface area contributed by atoms with Gasteiger partial charge in [-0.1, -0.05) is 19.9 Å². The van der Waals surface area contributed by atoms with Crippen LogP contribution >= 0.6 is 0 Å². The summed E-state index contributed by atoms with van der Waals surface area (Å²) in [7, 11) is 1.30. The minimum atomic E-state index is -1.41. The van der Waals surface area contributed by atoms with E-state index in [9.17, 15) is 19.1 Å². The average Bonchev–Trinajstić information content (AvgIpc) is 3.02. The first-order valence-electron chi connectivity index (χ1n) is 7.26. The molecular weight excluding hydrogens is 317 g/mol. The van der Waals surface area contributed by atoms with Crippen LogP contribution in [0.5, 0.6) is 5.75 Å². The fourth-order valence-corrected chi connectivity index (χ4v) is 2.10. The number of ether oxygens (including phenoxy) is 1. The van der Waals surface area contributed by atoms with E-state index in [1.165, 1.54) is 19.2 Å². The number of benzene rings is 1. The van der Waals surface area contributed by atoms with E-state index < -0.39 is 23.7 Å². The Bertz CT molecular complexity index is 758. The maximum Gasteiger partial charge on any atom is 0.330 e. The Morgan fingerprint density at radius 3 is 2.54 bits per heavy atom. The number of amides is 1. The zero-order chi connectivity index (χ0) is 17.9. The third kappa shape index (κ3) is 3.70. The van der Waals surface area contributed by atoms with E-state index in [0.29, 0.717) is 0 Å². The van der Waals surface area contributed by atoms with Crippen molar-refractivity contribution in [2.75, 3.05) is 7.11 Å². The van der Waals surface area contributed by atoms with Gasteiger partial charge >= 0.3 is 5.97 Å². The standard InChI is InChI=1S/C16H18FN3O4/c1-8(2)11-7-12(20-19-11)15(21)18-14(16(22)23)9-4-5-13(24-3)10(17)6-9/h4-8,14H,1-3H3,(H,18,21)(H,19,20)(H,22,23). The monoisotopic (exact) mass is 335 g/mol. The summed E-state index contributed by atoms with van der Waals surface area (Å²) >= 11 is 0. The number of hydrogen-bond acceptors (Lipinski definition) is 4. The van der Waals surface area contributed by atoms with Gasteiger partial charge in [-0.05, 0) is 29.7 Å². The molecule has 0 saturated carbocycles. The minimum absolute atomic E-state index is 0.0110. The molecule has 0 bridgehead atoms. The van der Waals surface area contributed by atoms with Gasteiger partial charge in [0.1, 0.15) is 5.69 Å². The number of carboxylic acid groups (broad SMARTS) is 1. The normalized spacial score (nSPS) is 12.0. The van der Waals surface area contributed by atoms with Gasteiger partial charge in [0, 0.05) is 5.69 Å². The van der Waals surface area contributed by atoms with Crippen LogP contribution in [-0.4, -0.2) is 34.3 Å². The van der Waals surface area contributed by atoms with E-state index in [0.717, 1.165) is 11.8 Å². The van der Waals surface area contributed by atoms with Gasteiger partial charge < -0.3 is 15.2 Å². The van der Waals surface area contributed by atoms with Crippen LogP contribution in [0.1, 0.15) is 47.6 Å². The molecule has 0 saturated heterocycles. The molecular formula is C16H18FN3O4. The van der Waals surface area contributed by atoms with Gasteiger partial charge in [0.25, 0.3) is 5.91 Å². The van der Waals surface area contributed by atoms with E-state index >= 15 is 0 Å². The van der Waals surface area contributed by atoms with Gasteiger partial charge in [0.05, 0.1) is 7.11 Å². The molecule has 3 N–H and O–H groups in total. The highest BCUT2D eigenvalue weighted by Gasteiger charge is 2.25. The predicted molar refractivity (Wildman–Crippen MR) is 83.5 cm³/mol. The summed E-state index contributed by atoms with van der Waals surface area (Å²) in [6.45, 7) is 3.85. The van der Waals surface area contributed by atoms with E-state index in [1.54, 1.807) is 6.07 Å². The fraction of sp³-hybridized carbons (Fsp3) is 0.312. The largest absolute Gasteiger partial charge is 0.494 e. The Morgan fingerprint density at radius 2 is 2.04 bits per heavy atom. The minimum Gasteiger partial charge on any atom is -0.494 e. The van der Waals surface area contributed by atoms with Gasteiger partial charge in [-0.25, -0.2) is 9.18 Å². The first-order valence-corrected chi connectivity index (χ1v) is 7.26. The summed E-state index contributed by atoms with van der Waals surface area (Å²) in [5.74, 6) is -2.56. The Labute approximate surface area is 137 Å². The molecule has 2 aromatic rings. The van der Waals surface area contributed by atoms with Crippen molar-refractivity contribution in [3.8, 4) is 5.75 Å². The summed E-state index contributed by atoms with van der Waals surface area (Å²) in [6.07, 6.45) is 0. The number of aromatic amines is 1. The van der Waals surface area contributed by atoms with Crippen molar-refractivity contribution in [1.29, 1.82) is 0 Å². The molecule has 1 aromatic carbocycles. The van der Waals surface area contributed by atoms with Crippen LogP contribution < -0.4 is 10.1 Å². The first kappa shape index (κ1) is 17.5. The van der Waals surface area contributed by atoms with Crippen molar-refractivity contribution >= 4 is 11.9 Å².